The number of para-hydroxylation sites is 1. The molecule has 1 N–H and O–H groups in total. The Morgan fingerprint density at radius 1 is 1.15 bits per heavy atom. The third kappa shape index (κ3) is 3.55. The van der Waals surface area contributed by atoms with E-state index in [2.05, 4.69) is 22.8 Å². The quantitative estimate of drug-likeness (QED) is 0.914. The molecule has 0 radical (unpaired) electrons. The van der Waals surface area contributed by atoms with E-state index in [0.717, 1.165) is 43.9 Å². The van der Waals surface area contributed by atoms with Crippen LogP contribution >= 0.6 is 0 Å². The molecule has 1 fully saturated rings. The van der Waals surface area contributed by atoms with Gasteiger partial charge in [-0.3, -0.25) is 4.90 Å². The maximum absolute atomic E-state index is 13.9. The summed E-state index contributed by atoms with van der Waals surface area (Å²) < 4.78 is 19.7. The van der Waals surface area contributed by atoms with E-state index in [1.165, 1.54) is 11.6 Å². The number of piperazine rings is 1. The summed E-state index contributed by atoms with van der Waals surface area (Å²) in [7, 11) is 0. The number of anilines is 1. The molecule has 2 atom stereocenters. The molecular formula is C21H25FN2O2. The van der Waals surface area contributed by atoms with Gasteiger partial charge in [0.2, 0.25) is 0 Å². The fraction of sp³-hybridized carbons (Fsp3) is 0.429. The second-order valence-corrected chi connectivity index (χ2v) is 7.25. The van der Waals surface area contributed by atoms with Crippen LogP contribution in [0.5, 0.6) is 5.75 Å². The molecule has 5 heteroatoms. The highest BCUT2D eigenvalue weighted by molar-refractivity contribution is 5.48. The van der Waals surface area contributed by atoms with Crippen LogP contribution in [0, 0.1) is 5.82 Å². The van der Waals surface area contributed by atoms with Gasteiger partial charge >= 0.3 is 0 Å². The Morgan fingerprint density at radius 2 is 1.92 bits per heavy atom. The lowest BCUT2D eigenvalue weighted by Gasteiger charge is -2.37. The second kappa shape index (κ2) is 7.25. The molecule has 1 saturated heterocycles. The van der Waals surface area contributed by atoms with Crippen LogP contribution in [-0.4, -0.2) is 48.8 Å². The molecule has 0 saturated carbocycles. The molecule has 0 unspecified atom stereocenters. The van der Waals surface area contributed by atoms with Crippen LogP contribution in [0.15, 0.2) is 42.5 Å². The average Bonchev–Trinajstić information content (AvgIpc) is 3.02. The molecule has 0 aromatic heterocycles. The minimum Gasteiger partial charge on any atom is -0.490 e. The van der Waals surface area contributed by atoms with Gasteiger partial charge in [0.15, 0.2) is 0 Å². The molecule has 2 aliphatic rings. The largest absolute Gasteiger partial charge is 0.490 e. The van der Waals surface area contributed by atoms with Crippen LogP contribution in [-0.2, 0) is 6.42 Å². The van der Waals surface area contributed by atoms with Crippen molar-refractivity contribution in [2.45, 2.75) is 25.6 Å². The third-order valence-corrected chi connectivity index (χ3v) is 5.30. The zero-order chi connectivity index (χ0) is 18.1. The highest BCUT2D eigenvalue weighted by atomic mass is 19.1. The molecule has 26 heavy (non-hydrogen) atoms. The summed E-state index contributed by atoms with van der Waals surface area (Å²) >= 11 is 0. The number of hydrogen-bond acceptors (Lipinski definition) is 4. The zero-order valence-electron chi connectivity index (χ0n) is 15.1. The van der Waals surface area contributed by atoms with Gasteiger partial charge < -0.3 is 14.7 Å². The van der Waals surface area contributed by atoms with E-state index in [-0.39, 0.29) is 11.9 Å². The van der Waals surface area contributed by atoms with E-state index in [0.29, 0.717) is 12.2 Å². The number of aliphatic hydroxyl groups is 1. The van der Waals surface area contributed by atoms with E-state index in [9.17, 15) is 9.50 Å². The number of aliphatic hydroxyl groups excluding tert-OH is 1. The van der Waals surface area contributed by atoms with Crippen LogP contribution in [0.1, 0.15) is 24.2 Å². The van der Waals surface area contributed by atoms with Gasteiger partial charge in [0, 0.05) is 39.1 Å². The van der Waals surface area contributed by atoms with E-state index < -0.39 is 6.10 Å². The fourth-order valence-corrected chi connectivity index (χ4v) is 3.88. The van der Waals surface area contributed by atoms with Crippen LogP contribution < -0.4 is 9.64 Å². The molecular weight excluding hydrogens is 331 g/mol. The van der Waals surface area contributed by atoms with Gasteiger partial charge in [-0.1, -0.05) is 18.2 Å². The van der Waals surface area contributed by atoms with Gasteiger partial charge in [-0.05, 0) is 42.3 Å². The van der Waals surface area contributed by atoms with Crippen molar-refractivity contribution in [2.75, 3.05) is 37.6 Å². The summed E-state index contributed by atoms with van der Waals surface area (Å²) in [5, 5.41) is 10.6. The molecule has 2 aliphatic heterocycles. The number of fused-ring (bicyclic) bond motifs is 1. The van der Waals surface area contributed by atoms with E-state index in [1.807, 2.05) is 24.3 Å². The highest BCUT2D eigenvalue weighted by Gasteiger charge is 2.24. The van der Waals surface area contributed by atoms with Gasteiger partial charge in [-0.15, -0.1) is 0 Å². The van der Waals surface area contributed by atoms with E-state index >= 15 is 0 Å². The van der Waals surface area contributed by atoms with Gasteiger partial charge in [0.1, 0.15) is 17.7 Å². The molecule has 0 spiro atoms. The van der Waals surface area contributed by atoms with Gasteiger partial charge in [0.25, 0.3) is 0 Å². The van der Waals surface area contributed by atoms with Gasteiger partial charge in [-0.25, -0.2) is 4.39 Å². The lowest BCUT2D eigenvalue weighted by molar-refractivity contribution is 0.109. The first-order valence-electron chi connectivity index (χ1n) is 9.29. The SMILES string of the molecule is C[C@H]1Cc2cc([C@@H](O)CN3CCN(c4ccccc4F)CC3)ccc2O1. The maximum atomic E-state index is 13.9. The van der Waals surface area contributed by atoms with Crippen molar-refractivity contribution in [3.63, 3.8) is 0 Å². The monoisotopic (exact) mass is 356 g/mol. The van der Waals surface area contributed by atoms with Crippen molar-refractivity contribution in [3.8, 4) is 5.75 Å². The van der Waals surface area contributed by atoms with Crippen molar-refractivity contribution in [3.05, 3.63) is 59.4 Å². The van der Waals surface area contributed by atoms with Crippen LogP contribution in [0.2, 0.25) is 0 Å². The Morgan fingerprint density at radius 3 is 2.69 bits per heavy atom. The van der Waals surface area contributed by atoms with Crippen molar-refractivity contribution < 1.29 is 14.2 Å². The molecule has 138 valence electrons. The Hall–Kier alpha value is -2.11. The Labute approximate surface area is 153 Å². The van der Waals surface area contributed by atoms with Crippen LogP contribution in [0.4, 0.5) is 10.1 Å². The maximum Gasteiger partial charge on any atom is 0.146 e. The average molecular weight is 356 g/mol. The number of β-amino-alcohol motifs (C(OH)–C–C–N with tert-alkyl or cyclic N) is 1. The number of benzene rings is 2. The molecule has 0 aliphatic carbocycles. The fourth-order valence-electron chi connectivity index (χ4n) is 3.88. The number of rotatable bonds is 4. The van der Waals surface area contributed by atoms with Crippen LogP contribution in [0.25, 0.3) is 0 Å². The topological polar surface area (TPSA) is 35.9 Å². The van der Waals surface area contributed by atoms with Crippen molar-refractivity contribution in [2.24, 2.45) is 0 Å². The molecule has 2 heterocycles. The van der Waals surface area contributed by atoms with Crippen molar-refractivity contribution in [1.29, 1.82) is 0 Å². The van der Waals surface area contributed by atoms with Gasteiger partial charge in [0.05, 0.1) is 11.8 Å². The first kappa shape index (κ1) is 17.3. The van der Waals surface area contributed by atoms with E-state index in [4.69, 9.17) is 4.74 Å². The minimum atomic E-state index is -0.517. The number of hydrogen-bond donors (Lipinski definition) is 1. The predicted molar refractivity (Wildman–Crippen MR) is 100 cm³/mol. The number of ether oxygens (including phenoxy) is 1. The first-order chi connectivity index (χ1) is 12.6. The van der Waals surface area contributed by atoms with Crippen molar-refractivity contribution >= 4 is 5.69 Å². The summed E-state index contributed by atoms with van der Waals surface area (Å²) in [6, 6.07) is 12.9. The minimum absolute atomic E-state index is 0.171. The summed E-state index contributed by atoms with van der Waals surface area (Å²) in [4.78, 5) is 4.32. The normalized spacial score (nSPS) is 21.3. The van der Waals surface area contributed by atoms with Crippen molar-refractivity contribution in [1.82, 2.24) is 4.90 Å². The molecule has 4 rings (SSSR count). The first-order valence-corrected chi connectivity index (χ1v) is 9.29. The number of halogens is 1. The second-order valence-electron chi connectivity index (χ2n) is 7.25. The molecule has 2 aromatic rings. The van der Waals surface area contributed by atoms with Crippen LogP contribution in [0.3, 0.4) is 0 Å². The molecule has 4 nitrogen and oxygen atoms in total. The Balaban J connectivity index is 1.34. The molecule has 0 amide bonds. The highest BCUT2D eigenvalue weighted by Crippen LogP contribution is 2.31. The summed E-state index contributed by atoms with van der Waals surface area (Å²) in [6.07, 6.45) is 0.595. The van der Waals surface area contributed by atoms with Gasteiger partial charge in [-0.2, -0.15) is 0 Å². The summed E-state index contributed by atoms with van der Waals surface area (Å²) in [5.41, 5.74) is 2.79. The third-order valence-electron chi connectivity index (χ3n) is 5.30. The Bertz CT molecular complexity index is 774. The summed E-state index contributed by atoms with van der Waals surface area (Å²) in [5.74, 6) is 0.766. The van der Waals surface area contributed by atoms with E-state index in [1.54, 1.807) is 6.07 Å². The summed E-state index contributed by atoms with van der Waals surface area (Å²) in [6.45, 7) is 5.82. The number of nitrogens with zero attached hydrogens (tertiary/aromatic N) is 2. The lowest BCUT2D eigenvalue weighted by atomic mass is 10.0. The standard InChI is InChI=1S/C21H25FN2O2/c1-15-12-17-13-16(6-7-21(17)26-15)20(25)14-23-8-10-24(11-9-23)19-5-3-2-4-18(19)22/h2-7,13,15,20,25H,8-12,14H2,1H3/t15-,20-/m0/s1. The molecule has 2 aromatic carbocycles. The Kier molecular flexibility index (Phi) is 4.83. The zero-order valence-corrected chi connectivity index (χ0v) is 15.1. The molecule has 0 bridgehead atoms. The lowest BCUT2D eigenvalue weighted by Crippen LogP contribution is -2.47. The predicted octanol–water partition coefficient (Wildman–Crippen LogP) is 3.00. The smallest absolute Gasteiger partial charge is 0.146 e.